The maximum absolute atomic E-state index is 12.4. The van der Waals surface area contributed by atoms with E-state index in [1.807, 2.05) is 0 Å². The molecule has 0 atom stereocenters. The largest absolute Gasteiger partial charge is 0.433 e. The predicted molar refractivity (Wildman–Crippen MR) is 79.1 cm³/mol. The molecule has 1 saturated heterocycles. The molecule has 3 amide bonds. The zero-order chi connectivity index (χ0) is 17.3. The van der Waals surface area contributed by atoms with Gasteiger partial charge < -0.3 is 15.5 Å². The molecule has 2 aliphatic rings. The highest BCUT2D eigenvalue weighted by atomic mass is 19.4. The molecule has 9 heteroatoms. The van der Waals surface area contributed by atoms with Gasteiger partial charge in [0.2, 0.25) is 5.91 Å². The Hall–Kier alpha value is -2.32. The zero-order valence-electron chi connectivity index (χ0n) is 12.8. The smallest absolute Gasteiger partial charge is 0.350 e. The van der Waals surface area contributed by atoms with Crippen LogP contribution in [0.2, 0.25) is 0 Å². The quantitative estimate of drug-likeness (QED) is 0.885. The van der Waals surface area contributed by atoms with Gasteiger partial charge in [0.25, 0.3) is 0 Å². The molecule has 0 aromatic carbocycles. The first-order chi connectivity index (χ1) is 11.3. The van der Waals surface area contributed by atoms with Crippen molar-refractivity contribution in [1.82, 2.24) is 15.2 Å². The summed E-state index contributed by atoms with van der Waals surface area (Å²) in [6.07, 6.45) is -0.617. The van der Waals surface area contributed by atoms with E-state index in [1.165, 1.54) is 4.90 Å². The average Bonchev–Trinajstić information content (AvgIpc) is 2.39. The zero-order valence-corrected chi connectivity index (χ0v) is 12.8. The molecule has 2 N–H and O–H groups in total. The second-order valence-electron chi connectivity index (χ2n) is 6.10. The van der Waals surface area contributed by atoms with Crippen molar-refractivity contribution >= 4 is 17.6 Å². The van der Waals surface area contributed by atoms with Crippen molar-refractivity contribution in [2.45, 2.75) is 31.5 Å². The van der Waals surface area contributed by atoms with Crippen molar-refractivity contribution in [2.75, 3.05) is 18.4 Å². The molecule has 1 aliphatic heterocycles. The van der Waals surface area contributed by atoms with Gasteiger partial charge in [-0.3, -0.25) is 4.79 Å². The minimum Gasteiger partial charge on any atom is -0.350 e. The fourth-order valence-corrected chi connectivity index (χ4v) is 2.56. The van der Waals surface area contributed by atoms with Crippen LogP contribution < -0.4 is 10.6 Å². The molecule has 24 heavy (non-hydrogen) atoms. The summed E-state index contributed by atoms with van der Waals surface area (Å²) in [4.78, 5) is 28.5. The van der Waals surface area contributed by atoms with Crippen LogP contribution in [0, 0.1) is 5.92 Å². The van der Waals surface area contributed by atoms with Crippen LogP contribution in [0.5, 0.6) is 0 Å². The molecule has 0 unspecified atom stereocenters. The number of halogens is 3. The molecule has 0 bridgehead atoms. The van der Waals surface area contributed by atoms with Gasteiger partial charge in [0.15, 0.2) is 0 Å². The van der Waals surface area contributed by atoms with Crippen LogP contribution in [0.25, 0.3) is 0 Å². The minimum absolute atomic E-state index is 0.0400. The maximum Gasteiger partial charge on any atom is 0.433 e. The van der Waals surface area contributed by atoms with E-state index in [2.05, 4.69) is 15.6 Å². The van der Waals surface area contributed by atoms with Crippen LogP contribution in [0.4, 0.5) is 23.7 Å². The molecule has 2 fully saturated rings. The molecule has 2 heterocycles. The number of nitrogens with one attached hydrogen (secondary N) is 2. The van der Waals surface area contributed by atoms with E-state index in [0.717, 1.165) is 37.6 Å². The third kappa shape index (κ3) is 3.60. The third-order valence-corrected chi connectivity index (χ3v) is 4.30. The molecule has 130 valence electrons. The molecule has 1 aromatic rings. The number of hydrogen-bond acceptors (Lipinski definition) is 3. The Morgan fingerprint density at radius 1 is 1.21 bits per heavy atom. The van der Waals surface area contributed by atoms with E-state index in [9.17, 15) is 22.8 Å². The SMILES string of the molecule is O=C(NC1CN(C(=O)Nc2ccc(C(F)(F)F)nc2)C1)C1CCC1. The number of nitrogens with zero attached hydrogens (tertiary/aromatic N) is 2. The number of rotatable bonds is 3. The molecule has 3 rings (SSSR count). The molecule has 1 aliphatic carbocycles. The highest BCUT2D eigenvalue weighted by Crippen LogP contribution is 2.28. The van der Waals surface area contributed by atoms with Crippen molar-refractivity contribution in [1.29, 1.82) is 0 Å². The average molecular weight is 342 g/mol. The van der Waals surface area contributed by atoms with Gasteiger partial charge in [0.05, 0.1) is 17.9 Å². The van der Waals surface area contributed by atoms with E-state index >= 15 is 0 Å². The van der Waals surface area contributed by atoms with E-state index in [1.54, 1.807) is 0 Å². The standard InChI is InChI=1S/C15H17F3N4O2/c16-15(17,18)12-5-4-10(6-19-12)21-14(24)22-7-11(8-22)20-13(23)9-2-1-3-9/h4-6,9,11H,1-3,7-8H2,(H,20,23)(H,21,24). The van der Waals surface area contributed by atoms with Gasteiger partial charge in [-0.05, 0) is 25.0 Å². The Morgan fingerprint density at radius 3 is 2.42 bits per heavy atom. The minimum atomic E-state index is -4.51. The van der Waals surface area contributed by atoms with Crippen LogP contribution in [0.15, 0.2) is 18.3 Å². The van der Waals surface area contributed by atoms with Crippen molar-refractivity contribution in [3.8, 4) is 0 Å². The summed E-state index contributed by atoms with van der Waals surface area (Å²) in [6.45, 7) is 0.775. The number of anilines is 1. The fourth-order valence-electron chi connectivity index (χ4n) is 2.56. The highest BCUT2D eigenvalue weighted by molar-refractivity contribution is 5.90. The molecule has 1 aromatic heterocycles. The Kier molecular flexibility index (Phi) is 4.33. The molecule has 0 radical (unpaired) electrons. The summed E-state index contributed by atoms with van der Waals surface area (Å²) in [6, 6.07) is 1.48. The second kappa shape index (κ2) is 6.29. The summed E-state index contributed by atoms with van der Waals surface area (Å²) in [7, 11) is 0. The van der Waals surface area contributed by atoms with Gasteiger partial charge in [-0.25, -0.2) is 9.78 Å². The lowest BCUT2D eigenvalue weighted by molar-refractivity contribution is -0.141. The van der Waals surface area contributed by atoms with Gasteiger partial charge in [-0.15, -0.1) is 0 Å². The van der Waals surface area contributed by atoms with Crippen molar-refractivity contribution < 1.29 is 22.8 Å². The number of carbonyl (C=O) groups is 2. The second-order valence-corrected chi connectivity index (χ2v) is 6.10. The number of likely N-dealkylation sites (tertiary alicyclic amines) is 1. The number of aromatic nitrogens is 1. The van der Waals surface area contributed by atoms with Crippen LogP contribution >= 0.6 is 0 Å². The van der Waals surface area contributed by atoms with E-state index < -0.39 is 17.9 Å². The lowest BCUT2D eigenvalue weighted by Gasteiger charge is -2.40. The van der Waals surface area contributed by atoms with Gasteiger partial charge in [-0.2, -0.15) is 13.2 Å². The van der Waals surface area contributed by atoms with Crippen LogP contribution in [0.1, 0.15) is 25.0 Å². The molecule has 1 saturated carbocycles. The summed E-state index contributed by atoms with van der Waals surface area (Å²) >= 11 is 0. The summed E-state index contributed by atoms with van der Waals surface area (Å²) in [5.74, 6) is 0.143. The molecular formula is C15H17F3N4O2. The topological polar surface area (TPSA) is 74.3 Å². The van der Waals surface area contributed by atoms with Gasteiger partial charge in [-0.1, -0.05) is 6.42 Å². The normalized spacial score (nSPS) is 18.5. The predicted octanol–water partition coefficient (Wildman–Crippen LogP) is 2.23. The first-order valence-electron chi connectivity index (χ1n) is 7.72. The maximum atomic E-state index is 12.4. The van der Waals surface area contributed by atoms with E-state index in [-0.39, 0.29) is 23.6 Å². The summed E-state index contributed by atoms with van der Waals surface area (Å²) < 4.78 is 37.2. The number of pyridine rings is 1. The number of carbonyl (C=O) groups excluding carboxylic acids is 2. The van der Waals surface area contributed by atoms with E-state index in [0.29, 0.717) is 13.1 Å². The summed E-state index contributed by atoms with van der Waals surface area (Å²) in [5, 5.41) is 5.38. The van der Waals surface area contributed by atoms with Crippen LogP contribution in [0.3, 0.4) is 0 Å². The number of amides is 3. The summed E-state index contributed by atoms with van der Waals surface area (Å²) in [5.41, 5.74) is -0.821. The van der Waals surface area contributed by atoms with Crippen molar-refractivity contribution in [3.05, 3.63) is 24.0 Å². The third-order valence-electron chi connectivity index (χ3n) is 4.30. The number of alkyl halides is 3. The molecular weight excluding hydrogens is 325 g/mol. The van der Waals surface area contributed by atoms with Crippen molar-refractivity contribution in [3.63, 3.8) is 0 Å². The van der Waals surface area contributed by atoms with Gasteiger partial charge >= 0.3 is 12.2 Å². The highest BCUT2D eigenvalue weighted by Gasteiger charge is 2.35. The Morgan fingerprint density at radius 2 is 1.92 bits per heavy atom. The van der Waals surface area contributed by atoms with Crippen LogP contribution in [-0.2, 0) is 11.0 Å². The van der Waals surface area contributed by atoms with Gasteiger partial charge in [0, 0.05) is 19.0 Å². The first-order valence-corrected chi connectivity index (χ1v) is 7.72. The fraction of sp³-hybridized carbons (Fsp3) is 0.533. The monoisotopic (exact) mass is 342 g/mol. The number of urea groups is 1. The number of hydrogen-bond donors (Lipinski definition) is 2. The van der Waals surface area contributed by atoms with Gasteiger partial charge in [0.1, 0.15) is 5.69 Å². The Labute approximate surface area is 136 Å². The lowest BCUT2D eigenvalue weighted by Crippen LogP contribution is -2.62. The Balaban J connectivity index is 1.44. The molecule has 0 spiro atoms. The first kappa shape index (κ1) is 16.5. The lowest BCUT2D eigenvalue weighted by atomic mass is 9.84. The van der Waals surface area contributed by atoms with Crippen molar-refractivity contribution in [2.24, 2.45) is 5.92 Å². The van der Waals surface area contributed by atoms with E-state index in [4.69, 9.17) is 0 Å². The van der Waals surface area contributed by atoms with Crippen LogP contribution in [-0.4, -0.2) is 41.0 Å². The molecule has 6 nitrogen and oxygen atoms in total. The Bertz CT molecular complexity index is 623.